The first-order valence-corrected chi connectivity index (χ1v) is 16.3. The summed E-state index contributed by atoms with van der Waals surface area (Å²) in [5.41, 5.74) is 7.31. The lowest BCUT2D eigenvalue weighted by atomic mass is 9.71. The van der Waals surface area contributed by atoms with Crippen LogP contribution < -0.4 is 16.5 Å². The minimum absolute atomic E-state index is 0.0360. The molecule has 238 valence electrons. The van der Waals surface area contributed by atoms with Crippen LogP contribution in [0.25, 0.3) is 11.1 Å². The van der Waals surface area contributed by atoms with E-state index in [2.05, 4.69) is 5.32 Å². The fourth-order valence-electron chi connectivity index (χ4n) is 7.13. The molecule has 2 aromatic carbocycles. The van der Waals surface area contributed by atoms with Gasteiger partial charge in [0.1, 0.15) is 11.6 Å². The highest BCUT2D eigenvalue weighted by Gasteiger charge is 2.60. The number of carbonyl (C=O) groups excluding carboxylic acids is 2. The molecule has 1 saturated carbocycles. The molecule has 3 aliphatic rings. The first-order chi connectivity index (χ1) is 21.2. The molecule has 0 radical (unpaired) electrons. The van der Waals surface area contributed by atoms with Crippen LogP contribution in [0.15, 0.2) is 54.6 Å². The third kappa shape index (κ3) is 5.46. The highest BCUT2D eigenvalue weighted by molar-refractivity contribution is 7.15. The summed E-state index contributed by atoms with van der Waals surface area (Å²) < 4.78 is 50.3. The molecule has 2 heterocycles. The number of hydrogen-bond acceptors (Lipinski definition) is 6. The molecule has 2 aliphatic carbocycles. The number of hydrogen-bond donors (Lipinski definition) is 2. The Labute approximate surface area is 267 Å². The first kappa shape index (κ1) is 31.7. The molecule has 7 nitrogen and oxygen atoms in total. The van der Waals surface area contributed by atoms with Gasteiger partial charge < -0.3 is 25.1 Å². The number of halogens is 2. The normalized spacial score (nSPS) is 24.6. The zero-order valence-corrected chi connectivity index (χ0v) is 27.1. The second-order valence-corrected chi connectivity index (χ2v) is 14.5. The number of aryl methyl sites for hydroxylation is 1. The van der Waals surface area contributed by atoms with E-state index in [1.54, 1.807) is 6.07 Å². The second kappa shape index (κ2) is 11.2. The molecule has 2 atom stereocenters. The predicted octanol–water partition coefficient (Wildman–Crippen LogP) is 6.56. The Morgan fingerprint density at radius 2 is 1.58 bits per heavy atom. The van der Waals surface area contributed by atoms with Crippen LogP contribution >= 0.6 is 11.3 Å². The standard InChI is InChI=1S/C34H39BF2N2O5S/c1-6-26-25(35-43-31(2,3)32(4,5)44-35)18-27(45-26)28(40)39-29-33(42-30(38)41,16-11-17-34(29,36)37)19-24-22-14-9-7-12-20(22)21-13-8-10-15-23(21)24/h7-10,12-15,18,24,29H,6,11,16-17,19H2,1-5H3,(H2,38,41)(H,39,40)/t29-,33+/m1/s1. The summed E-state index contributed by atoms with van der Waals surface area (Å²) in [6.45, 7) is 9.75. The first-order valence-electron chi connectivity index (χ1n) is 15.5. The molecule has 0 spiro atoms. The van der Waals surface area contributed by atoms with Crippen LogP contribution in [0.2, 0.25) is 0 Å². The van der Waals surface area contributed by atoms with Crippen LogP contribution in [0.1, 0.15) is 91.9 Å². The lowest BCUT2D eigenvalue weighted by Crippen LogP contribution is -2.66. The Morgan fingerprint density at radius 3 is 2.13 bits per heavy atom. The van der Waals surface area contributed by atoms with E-state index in [0.29, 0.717) is 11.9 Å². The van der Waals surface area contributed by atoms with Crippen molar-refractivity contribution in [1.29, 1.82) is 0 Å². The van der Waals surface area contributed by atoms with Gasteiger partial charge in [-0.1, -0.05) is 55.5 Å². The van der Waals surface area contributed by atoms with E-state index in [0.717, 1.165) is 27.1 Å². The number of nitrogens with two attached hydrogens (primary N) is 1. The van der Waals surface area contributed by atoms with Gasteiger partial charge in [0.05, 0.1) is 16.1 Å². The van der Waals surface area contributed by atoms with Gasteiger partial charge in [-0.05, 0) is 80.7 Å². The predicted molar refractivity (Wildman–Crippen MR) is 171 cm³/mol. The minimum Gasteiger partial charge on any atom is -0.441 e. The van der Waals surface area contributed by atoms with Gasteiger partial charge in [0.2, 0.25) is 0 Å². The zero-order valence-electron chi connectivity index (χ0n) is 26.2. The largest absolute Gasteiger partial charge is 0.496 e. The molecule has 0 unspecified atom stereocenters. The van der Waals surface area contributed by atoms with Gasteiger partial charge in [-0.15, -0.1) is 11.3 Å². The van der Waals surface area contributed by atoms with Gasteiger partial charge in [0.25, 0.3) is 11.8 Å². The summed E-state index contributed by atoms with van der Waals surface area (Å²) in [7, 11) is -0.696. The zero-order chi connectivity index (χ0) is 32.4. The quantitative estimate of drug-likeness (QED) is 0.286. The molecule has 1 aromatic heterocycles. The smallest absolute Gasteiger partial charge is 0.441 e. The summed E-state index contributed by atoms with van der Waals surface area (Å²) in [4.78, 5) is 27.4. The molecule has 2 amide bonds. The Morgan fingerprint density at radius 1 is 1.00 bits per heavy atom. The number of fused-ring (bicyclic) bond motifs is 3. The van der Waals surface area contributed by atoms with E-state index >= 15 is 8.78 Å². The molecule has 45 heavy (non-hydrogen) atoms. The van der Waals surface area contributed by atoms with Gasteiger partial charge in [-0.3, -0.25) is 4.79 Å². The third-order valence-corrected chi connectivity index (χ3v) is 11.3. The lowest BCUT2D eigenvalue weighted by molar-refractivity contribution is -0.155. The van der Waals surface area contributed by atoms with Crippen molar-refractivity contribution < 1.29 is 32.4 Å². The summed E-state index contributed by atoms with van der Waals surface area (Å²) in [5, 5.41) is 2.64. The second-order valence-electron chi connectivity index (χ2n) is 13.4. The average molecular weight is 637 g/mol. The van der Waals surface area contributed by atoms with Gasteiger partial charge in [0, 0.05) is 23.6 Å². The third-order valence-electron chi connectivity index (χ3n) is 10.0. The molecule has 2 fully saturated rings. The maximum absolute atomic E-state index is 16.0. The molecule has 11 heteroatoms. The van der Waals surface area contributed by atoms with Crippen molar-refractivity contribution in [1.82, 2.24) is 5.32 Å². The van der Waals surface area contributed by atoms with Crippen molar-refractivity contribution in [3.05, 3.63) is 75.5 Å². The van der Waals surface area contributed by atoms with Gasteiger partial charge in [-0.25, -0.2) is 13.6 Å². The Balaban J connectivity index is 1.36. The van der Waals surface area contributed by atoms with Crippen LogP contribution in [0, 0.1) is 0 Å². The number of rotatable bonds is 7. The molecule has 1 saturated heterocycles. The van der Waals surface area contributed by atoms with Crippen LogP contribution in [0.3, 0.4) is 0 Å². The Kier molecular flexibility index (Phi) is 7.89. The minimum atomic E-state index is -3.36. The lowest BCUT2D eigenvalue weighted by Gasteiger charge is -2.47. The molecular formula is C34H39BF2N2O5S. The molecule has 1 aliphatic heterocycles. The number of nitrogens with one attached hydrogen (secondary N) is 1. The highest BCUT2D eigenvalue weighted by atomic mass is 32.1. The number of ether oxygens (including phenoxy) is 1. The molecule has 0 bridgehead atoms. The van der Waals surface area contributed by atoms with E-state index in [-0.39, 0.29) is 30.1 Å². The van der Waals surface area contributed by atoms with Crippen LogP contribution in [0.4, 0.5) is 13.6 Å². The number of thiophene rings is 1. The topological polar surface area (TPSA) is 99.9 Å². The van der Waals surface area contributed by atoms with Crippen molar-refractivity contribution in [2.45, 2.75) is 101 Å². The van der Waals surface area contributed by atoms with E-state index in [1.807, 2.05) is 83.1 Å². The Bertz CT molecular complexity index is 1580. The number of carbonyl (C=O) groups is 2. The highest BCUT2D eigenvalue weighted by Crippen LogP contribution is 2.53. The van der Waals surface area contributed by atoms with E-state index in [9.17, 15) is 9.59 Å². The van der Waals surface area contributed by atoms with Crippen LogP contribution in [0.5, 0.6) is 0 Å². The molecular weight excluding hydrogens is 597 g/mol. The molecule has 3 N–H and O–H groups in total. The number of alkyl halides is 2. The maximum Gasteiger partial charge on any atom is 0.496 e. The average Bonchev–Trinajstić information content (AvgIpc) is 3.60. The van der Waals surface area contributed by atoms with Crippen molar-refractivity contribution in [2.75, 3.05) is 0 Å². The SMILES string of the molecule is CCc1sc(C(=O)N[C@H]2C(F)(F)CCC[C@@]2(CC2c3ccccc3-c3ccccc32)OC(N)=O)cc1B1OC(C)(C)C(C)(C)O1. The molecule has 6 rings (SSSR count). The van der Waals surface area contributed by atoms with Crippen molar-refractivity contribution in [3.8, 4) is 11.1 Å². The van der Waals surface area contributed by atoms with Gasteiger partial charge in [-0.2, -0.15) is 0 Å². The maximum atomic E-state index is 16.0. The van der Waals surface area contributed by atoms with Gasteiger partial charge in [0.15, 0.2) is 0 Å². The van der Waals surface area contributed by atoms with E-state index in [1.165, 1.54) is 11.3 Å². The number of amides is 2. The summed E-state index contributed by atoms with van der Waals surface area (Å²) in [6.07, 6.45) is -0.738. The monoisotopic (exact) mass is 636 g/mol. The van der Waals surface area contributed by atoms with Crippen LogP contribution in [-0.2, 0) is 20.5 Å². The fraction of sp³-hybridized carbons (Fsp3) is 0.471. The van der Waals surface area contributed by atoms with Crippen molar-refractivity contribution in [3.63, 3.8) is 0 Å². The van der Waals surface area contributed by atoms with Crippen molar-refractivity contribution >= 4 is 35.9 Å². The number of primary amides is 1. The van der Waals surface area contributed by atoms with E-state index < -0.39 is 54.3 Å². The molecule has 3 aromatic rings. The summed E-state index contributed by atoms with van der Waals surface area (Å²) >= 11 is 1.22. The summed E-state index contributed by atoms with van der Waals surface area (Å²) in [6, 6.07) is 15.5. The van der Waals surface area contributed by atoms with Crippen molar-refractivity contribution in [2.24, 2.45) is 5.73 Å². The summed E-state index contributed by atoms with van der Waals surface area (Å²) in [5.74, 6) is -4.37. The van der Waals surface area contributed by atoms with Crippen LogP contribution in [-0.4, -0.2) is 47.9 Å². The van der Waals surface area contributed by atoms with Gasteiger partial charge >= 0.3 is 13.2 Å². The Hall–Kier alpha value is -3.28. The number of benzene rings is 2. The van der Waals surface area contributed by atoms with E-state index in [4.69, 9.17) is 19.8 Å². The fourth-order valence-corrected chi connectivity index (χ4v) is 8.15.